The Morgan fingerprint density at radius 2 is 2.07 bits per heavy atom. The lowest BCUT2D eigenvalue weighted by Crippen LogP contribution is -2.17. The Hall–Kier alpha value is -1.26. The lowest BCUT2D eigenvalue weighted by atomic mass is 10.2. The molecule has 14 heavy (non-hydrogen) atoms. The molecule has 0 aliphatic heterocycles. The number of carbonyl (C=O) groups is 2. The molecular weight excluding hydrogens is 209 g/mol. The van der Waals surface area contributed by atoms with Gasteiger partial charge < -0.3 is 15.9 Å². The van der Waals surface area contributed by atoms with Crippen LogP contribution in [0.1, 0.15) is 6.42 Å². The number of hydrogen-bond donors (Lipinski definition) is 3. The van der Waals surface area contributed by atoms with Crippen molar-refractivity contribution in [2.24, 2.45) is 5.73 Å². The second-order valence-corrected chi connectivity index (χ2v) is 4.27. The molecule has 0 aromatic heterocycles. The van der Waals surface area contributed by atoms with E-state index in [1.807, 2.05) is 0 Å². The van der Waals surface area contributed by atoms with Gasteiger partial charge in [-0.15, -0.1) is 0 Å². The highest BCUT2D eigenvalue weighted by molar-refractivity contribution is 7.45. The number of hydrogen-bond acceptors (Lipinski definition) is 4. The minimum absolute atomic E-state index is 0.237. The summed E-state index contributed by atoms with van der Waals surface area (Å²) in [7, 11) is -2.05. The summed E-state index contributed by atoms with van der Waals surface area (Å²) in [6.45, 7) is 0. The lowest BCUT2D eigenvalue weighted by molar-refractivity contribution is -0.131. The molecule has 0 heterocycles. The predicted molar refractivity (Wildman–Crippen MR) is 49.1 cm³/mol. The second kappa shape index (κ2) is 6.23. The van der Waals surface area contributed by atoms with Gasteiger partial charge in [0, 0.05) is 6.08 Å². The van der Waals surface area contributed by atoms with E-state index in [0.717, 1.165) is 12.2 Å². The normalized spacial score (nSPS) is 13.9. The molecule has 2 atom stereocenters. The van der Waals surface area contributed by atoms with Crippen molar-refractivity contribution in [3.63, 3.8) is 0 Å². The Morgan fingerprint density at radius 3 is 2.43 bits per heavy atom. The molecule has 0 aliphatic rings. The van der Waals surface area contributed by atoms with Gasteiger partial charge in [-0.2, -0.15) is 0 Å². The van der Waals surface area contributed by atoms with Gasteiger partial charge in [-0.25, -0.2) is 4.79 Å². The predicted octanol–water partition coefficient (Wildman–Crippen LogP) is -0.352. The monoisotopic (exact) mass is 220 g/mol. The molecule has 0 aromatic carbocycles. The van der Waals surface area contributed by atoms with Crippen LogP contribution in [0.4, 0.5) is 0 Å². The molecule has 6 nitrogen and oxygen atoms in total. The van der Waals surface area contributed by atoms with E-state index in [2.05, 4.69) is 0 Å². The fourth-order valence-electron chi connectivity index (χ4n) is 0.770. The third-order valence-electron chi connectivity index (χ3n) is 1.38. The van der Waals surface area contributed by atoms with E-state index >= 15 is 0 Å². The Balaban J connectivity index is 4.47. The van der Waals surface area contributed by atoms with Crippen molar-refractivity contribution < 1.29 is 24.4 Å². The average molecular weight is 220 g/mol. The molecule has 4 N–H and O–H groups in total. The smallest absolute Gasteiger partial charge is 0.374 e. The second-order valence-electron chi connectivity index (χ2n) is 2.49. The zero-order chi connectivity index (χ0) is 11.1. The number of aliphatic carboxylic acids is 1. The minimum atomic E-state index is -2.05. The summed E-state index contributed by atoms with van der Waals surface area (Å²) in [5, 5.41) is 16.9. The van der Waals surface area contributed by atoms with Crippen LogP contribution in [-0.2, 0) is 14.2 Å². The number of allylic oxidation sites excluding steroid dienone is 1. The number of nitrogens with two attached hydrogens (primary N) is 1. The van der Waals surface area contributed by atoms with Crippen molar-refractivity contribution in [2.75, 3.05) is 6.35 Å². The van der Waals surface area contributed by atoms with Gasteiger partial charge in [-0.1, -0.05) is 4.57 Å². The zero-order valence-electron chi connectivity index (χ0n) is 7.29. The molecule has 78 valence electrons. The van der Waals surface area contributed by atoms with Gasteiger partial charge in [0.05, 0.1) is 6.42 Å². The zero-order valence-corrected chi connectivity index (χ0v) is 8.18. The number of amides is 1. The Morgan fingerprint density at radius 1 is 1.50 bits per heavy atom. The number of aliphatic hydroxyl groups excluding tert-OH is 1. The first kappa shape index (κ1) is 12.7. The van der Waals surface area contributed by atoms with Crippen LogP contribution in [0.5, 0.6) is 0 Å². The van der Waals surface area contributed by atoms with Crippen molar-refractivity contribution in [3.8, 4) is 0 Å². The molecule has 0 aliphatic carbocycles. The minimum Gasteiger partial charge on any atom is -0.478 e. The number of carboxylic acid groups (broad SMARTS) is 1. The highest BCUT2D eigenvalue weighted by Crippen LogP contribution is 2.29. The number of aliphatic hydroxyl groups is 1. The van der Waals surface area contributed by atoms with Crippen molar-refractivity contribution in [2.45, 2.75) is 12.1 Å². The number of primary amides is 1. The third kappa shape index (κ3) is 5.40. The summed E-state index contributed by atoms with van der Waals surface area (Å²) in [4.78, 5) is 20.6. The van der Waals surface area contributed by atoms with Crippen LogP contribution in [-0.4, -0.2) is 34.1 Å². The molecule has 0 saturated carbocycles. The highest BCUT2D eigenvalue weighted by Gasteiger charge is 2.28. The first-order valence-electron chi connectivity index (χ1n) is 3.71. The van der Waals surface area contributed by atoms with Crippen molar-refractivity contribution >= 4 is 19.7 Å². The molecule has 1 amide bonds. The molecular formula is C7H11NO5P+. The van der Waals surface area contributed by atoms with Gasteiger partial charge >= 0.3 is 13.8 Å². The van der Waals surface area contributed by atoms with Gasteiger partial charge in [0.1, 0.15) is 0 Å². The molecule has 0 bridgehead atoms. The van der Waals surface area contributed by atoms with Crippen LogP contribution in [0.25, 0.3) is 0 Å². The molecule has 0 spiro atoms. The number of rotatable bonds is 6. The molecule has 0 fully saturated rings. The fourth-order valence-corrected chi connectivity index (χ4v) is 1.64. The van der Waals surface area contributed by atoms with Crippen LogP contribution in [0.3, 0.4) is 0 Å². The first-order chi connectivity index (χ1) is 6.47. The average Bonchev–Trinajstić information content (AvgIpc) is 2.10. The number of carboxylic acids is 1. The quantitative estimate of drug-likeness (QED) is 0.417. The van der Waals surface area contributed by atoms with Gasteiger partial charge in [-0.3, -0.25) is 4.79 Å². The third-order valence-corrected chi connectivity index (χ3v) is 2.75. The van der Waals surface area contributed by atoms with E-state index in [0.29, 0.717) is 0 Å². The topological polar surface area (TPSA) is 118 Å². The van der Waals surface area contributed by atoms with Crippen LogP contribution < -0.4 is 5.73 Å². The van der Waals surface area contributed by atoms with Gasteiger partial charge in [0.25, 0.3) is 0 Å². The maximum absolute atomic E-state index is 11.1. The van der Waals surface area contributed by atoms with Gasteiger partial charge in [0.2, 0.25) is 12.3 Å². The molecule has 0 radical (unpaired) electrons. The van der Waals surface area contributed by atoms with E-state index in [1.54, 1.807) is 0 Å². The summed E-state index contributed by atoms with van der Waals surface area (Å²) in [6, 6.07) is 0. The van der Waals surface area contributed by atoms with Crippen LogP contribution in [0.2, 0.25) is 0 Å². The summed E-state index contributed by atoms with van der Waals surface area (Å²) in [5.41, 5.74) is 4.05. The van der Waals surface area contributed by atoms with Crippen molar-refractivity contribution in [3.05, 3.63) is 12.2 Å². The molecule has 0 aromatic rings. The fraction of sp³-hybridized carbons (Fsp3) is 0.429. The van der Waals surface area contributed by atoms with Crippen molar-refractivity contribution in [1.82, 2.24) is 0 Å². The van der Waals surface area contributed by atoms with E-state index in [1.165, 1.54) is 0 Å². The summed E-state index contributed by atoms with van der Waals surface area (Å²) >= 11 is 0. The standard InChI is InChI=1S/C7H10NO5P/c8-6(10)3-5(14(13)4-9)1-2-7(11)12/h1-2,5,9H,3-4H2,(H2-,8,10,11,12)/p+1. The lowest BCUT2D eigenvalue weighted by Gasteiger charge is -1.96. The summed E-state index contributed by atoms with van der Waals surface area (Å²) in [6.07, 6.45) is 1.04. The molecule has 0 rings (SSSR count). The molecule has 7 heteroatoms. The Bertz CT molecular complexity index is 275. The Kier molecular flexibility index (Phi) is 5.67. The summed E-state index contributed by atoms with van der Waals surface area (Å²) < 4.78 is 11.1. The molecule has 2 unspecified atom stereocenters. The largest absolute Gasteiger partial charge is 0.478 e. The van der Waals surface area contributed by atoms with Gasteiger partial charge in [-0.05, 0) is 6.08 Å². The maximum atomic E-state index is 11.1. The number of carbonyl (C=O) groups excluding carboxylic acids is 1. The first-order valence-corrected chi connectivity index (χ1v) is 5.22. The Labute approximate surface area is 81.2 Å². The van der Waals surface area contributed by atoms with Crippen LogP contribution in [0, 0.1) is 0 Å². The SMILES string of the molecule is NC(=O)CC(C=CC(=O)O)[P+](=O)CO. The van der Waals surface area contributed by atoms with E-state index in [4.69, 9.17) is 15.9 Å². The summed E-state index contributed by atoms with van der Waals surface area (Å²) in [5.74, 6) is -1.90. The van der Waals surface area contributed by atoms with E-state index in [9.17, 15) is 14.2 Å². The highest BCUT2D eigenvalue weighted by atomic mass is 31.1. The van der Waals surface area contributed by atoms with Crippen molar-refractivity contribution in [1.29, 1.82) is 0 Å². The molecule has 0 saturated heterocycles. The maximum Gasteiger partial charge on any atom is 0.374 e. The van der Waals surface area contributed by atoms with Crippen LogP contribution in [0.15, 0.2) is 12.2 Å². The van der Waals surface area contributed by atoms with Gasteiger partial charge in [0.15, 0.2) is 5.66 Å². The van der Waals surface area contributed by atoms with Crippen LogP contribution >= 0.6 is 7.80 Å². The van der Waals surface area contributed by atoms with E-state index in [-0.39, 0.29) is 6.42 Å². The van der Waals surface area contributed by atoms with E-state index < -0.39 is 31.7 Å².